The summed E-state index contributed by atoms with van der Waals surface area (Å²) in [7, 11) is 0. The molecule has 4 aromatic heterocycles. The highest BCUT2D eigenvalue weighted by molar-refractivity contribution is 5.92. The molecule has 2 aliphatic rings. The van der Waals surface area contributed by atoms with Crippen molar-refractivity contribution in [2.75, 3.05) is 35.6 Å². The van der Waals surface area contributed by atoms with Crippen molar-refractivity contribution in [1.82, 2.24) is 34.4 Å². The number of aromatic nitrogens is 6. The Kier molecular flexibility index (Phi) is 5.87. The zero-order chi connectivity index (χ0) is 25.4. The van der Waals surface area contributed by atoms with Gasteiger partial charge in [0.05, 0.1) is 6.26 Å². The molecule has 2 amide bonds. The number of carbonyl (C=O) groups excluding carboxylic acids is 2. The number of anilines is 3. The van der Waals surface area contributed by atoms with E-state index in [2.05, 4.69) is 30.4 Å². The van der Waals surface area contributed by atoms with Gasteiger partial charge in [0.15, 0.2) is 5.76 Å². The second-order valence-electron chi connectivity index (χ2n) is 9.16. The van der Waals surface area contributed by atoms with E-state index in [4.69, 9.17) is 10.2 Å². The average molecular weight is 503 g/mol. The quantitative estimate of drug-likeness (QED) is 0.410. The molecule has 3 N–H and O–H groups in total. The highest BCUT2D eigenvalue weighted by Gasteiger charge is 2.37. The first-order valence-electron chi connectivity index (χ1n) is 12.3. The van der Waals surface area contributed by atoms with Gasteiger partial charge >= 0.3 is 0 Å². The smallest absolute Gasteiger partial charge is 0.259 e. The fraction of sp³-hybridized carbons (Fsp3) is 0.375. The van der Waals surface area contributed by atoms with Gasteiger partial charge in [0.2, 0.25) is 29.5 Å². The van der Waals surface area contributed by atoms with Crippen molar-refractivity contribution in [3.63, 3.8) is 0 Å². The van der Waals surface area contributed by atoms with Crippen LogP contribution in [0, 0.1) is 5.92 Å². The summed E-state index contributed by atoms with van der Waals surface area (Å²) in [5.41, 5.74) is 6.17. The SMILES string of the molecule is Nc1nc(N2CCC[C@H]2C(=O)N2CCC(C(=O)Nc3ccccn3)CC2)nc2nc(-c3ccco3)nn12. The Bertz CT molecular complexity index is 1410. The Labute approximate surface area is 211 Å². The minimum atomic E-state index is -0.395. The van der Waals surface area contributed by atoms with Crippen molar-refractivity contribution >= 4 is 35.3 Å². The van der Waals surface area contributed by atoms with E-state index < -0.39 is 6.04 Å². The van der Waals surface area contributed by atoms with Gasteiger partial charge in [0.1, 0.15) is 11.9 Å². The molecule has 2 aliphatic heterocycles. The number of hydrogen-bond donors (Lipinski definition) is 2. The van der Waals surface area contributed by atoms with Gasteiger partial charge < -0.3 is 25.3 Å². The van der Waals surface area contributed by atoms with Crippen LogP contribution in [0.25, 0.3) is 17.4 Å². The predicted octanol–water partition coefficient (Wildman–Crippen LogP) is 1.60. The fourth-order valence-corrected chi connectivity index (χ4v) is 4.93. The highest BCUT2D eigenvalue weighted by atomic mass is 16.3. The van der Waals surface area contributed by atoms with E-state index in [1.165, 1.54) is 10.8 Å². The lowest BCUT2D eigenvalue weighted by Gasteiger charge is -2.35. The van der Waals surface area contributed by atoms with Gasteiger partial charge in [-0.2, -0.15) is 19.5 Å². The van der Waals surface area contributed by atoms with Crippen molar-refractivity contribution < 1.29 is 14.0 Å². The lowest BCUT2D eigenvalue weighted by Crippen LogP contribution is -2.50. The van der Waals surface area contributed by atoms with E-state index >= 15 is 0 Å². The standard InChI is InChI=1S/C24H26N10O3/c25-22-29-23(30-24-28-19(31-34(22)24)17-6-4-14-37-17)33-11-3-5-16(33)21(36)32-12-8-15(9-13-32)20(35)27-18-7-1-2-10-26-18/h1-2,4,6-7,10,14-16H,3,5,8-9,11-13H2,(H,26,27,35)(H2,25,28,29,30,31)/t16-/m0/s1. The molecule has 2 saturated heterocycles. The summed E-state index contributed by atoms with van der Waals surface area (Å²) in [5.74, 6) is 1.94. The topological polar surface area (TPSA) is 161 Å². The van der Waals surface area contributed by atoms with Crippen LogP contribution in [-0.2, 0) is 9.59 Å². The third-order valence-electron chi connectivity index (χ3n) is 6.85. The van der Waals surface area contributed by atoms with E-state index in [-0.39, 0.29) is 29.5 Å². The molecule has 1 atom stereocenters. The molecular formula is C24H26N10O3. The van der Waals surface area contributed by atoms with E-state index in [1.807, 2.05) is 15.9 Å². The van der Waals surface area contributed by atoms with Gasteiger partial charge in [0, 0.05) is 31.7 Å². The average Bonchev–Trinajstić information content (AvgIpc) is 3.69. The summed E-state index contributed by atoms with van der Waals surface area (Å²) in [6, 6.07) is 8.49. The largest absolute Gasteiger partial charge is 0.461 e. The normalized spacial score (nSPS) is 18.4. The van der Waals surface area contributed by atoms with E-state index in [9.17, 15) is 9.59 Å². The molecule has 2 fully saturated rings. The van der Waals surface area contributed by atoms with Crippen LogP contribution in [0.5, 0.6) is 0 Å². The summed E-state index contributed by atoms with van der Waals surface area (Å²) in [6.45, 7) is 1.67. The third kappa shape index (κ3) is 4.43. The molecule has 0 unspecified atom stereocenters. The number of nitrogens with zero attached hydrogens (tertiary/aromatic N) is 8. The molecule has 0 aromatic carbocycles. The Morgan fingerprint density at radius 1 is 1.03 bits per heavy atom. The Morgan fingerprint density at radius 2 is 1.89 bits per heavy atom. The zero-order valence-electron chi connectivity index (χ0n) is 20.0. The van der Waals surface area contributed by atoms with Crippen LogP contribution in [0.1, 0.15) is 25.7 Å². The Morgan fingerprint density at radius 3 is 2.65 bits per heavy atom. The van der Waals surface area contributed by atoms with Crippen molar-refractivity contribution in [1.29, 1.82) is 0 Å². The summed E-state index contributed by atoms with van der Waals surface area (Å²) < 4.78 is 6.73. The minimum absolute atomic E-state index is 0.0147. The molecule has 6 heterocycles. The van der Waals surface area contributed by atoms with Crippen molar-refractivity contribution in [2.45, 2.75) is 31.7 Å². The molecule has 13 nitrogen and oxygen atoms in total. The molecule has 13 heteroatoms. The van der Waals surface area contributed by atoms with Crippen LogP contribution in [-0.4, -0.2) is 71.9 Å². The molecule has 0 aliphatic carbocycles. The van der Waals surface area contributed by atoms with Crippen LogP contribution < -0.4 is 16.0 Å². The van der Waals surface area contributed by atoms with Crippen molar-refractivity contribution in [3.8, 4) is 11.6 Å². The molecular weight excluding hydrogens is 476 g/mol. The maximum Gasteiger partial charge on any atom is 0.259 e. The van der Waals surface area contributed by atoms with E-state index in [0.29, 0.717) is 62.2 Å². The van der Waals surface area contributed by atoms with Gasteiger partial charge in [-0.3, -0.25) is 9.59 Å². The van der Waals surface area contributed by atoms with Gasteiger partial charge in [-0.25, -0.2) is 4.98 Å². The number of carbonyl (C=O) groups is 2. The number of nitrogens with one attached hydrogen (secondary N) is 1. The fourth-order valence-electron chi connectivity index (χ4n) is 4.93. The first-order chi connectivity index (χ1) is 18.1. The molecule has 37 heavy (non-hydrogen) atoms. The number of nitrogen functional groups attached to an aromatic ring is 1. The maximum atomic E-state index is 13.5. The Balaban J connectivity index is 1.14. The van der Waals surface area contributed by atoms with Gasteiger partial charge in [-0.1, -0.05) is 6.07 Å². The first-order valence-corrected chi connectivity index (χ1v) is 12.3. The molecule has 190 valence electrons. The molecule has 0 radical (unpaired) electrons. The van der Waals surface area contributed by atoms with Crippen LogP contribution in [0.3, 0.4) is 0 Å². The predicted molar refractivity (Wildman–Crippen MR) is 133 cm³/mol. The number of nitrogens with two attached hydrogens (primary N) is 1. The minimum Gasteiger partial charge on any atom is -0.461 e. The summed E-state index contributed by atoms with van der Waals surface area (Å²) in [4.78, 5) is 47.4. The number of furan rings is 1. The van der Waals surface area contributed by atoms with E-state index in [0.717, 1.165) is 6.42 Å². The lowest BCUT2D eigenvalue weighted by molar-refractivity contribution is -0.135. The number of amides is 2. The van der Waals surface area contributed by atoms with Crippen LogP contribution >= 0.6 is 0 Å². The van der Waals surface area contributed by atoms with Crippen LogP contribution in [0.15, 0.2) is 47.2 Å². The van der Waals surface area contributed by atoms with Gasteiger partial charge in [0.25, 0.3) is 5.78 Å². The van der Waals surface area contributed by atoms with E-state index in [1.54, 1.807) is 30.5 Å². The van der Waals surface area contributed by atoms with Crippen molar-refractivity contribution in [2.24, 2.45) is 5.92 Å². The number of likely N-dealkylation sites (tertiary alicyclic amines) is 1. The number of fused-ring (bicyclic) bond motifs is 1. The van der Waals surface area contributed by atoms with Crippen molar-refractivity contribution in [3.05, 3.63) is 42.8 Å². The monoisotopic (exact) mass is 502 g/mol. The number of hydrogen-bond acceptors (Lipinski definition) is 10. The van der Waals surface area contributed by atoms with Gasteiger partial charge in [-0.05, 0) is 49.9 Å². The van der Waals surface area contributed by atoms with Crippen LogP contribution in [0.2, 0.25) is 0 Å². The van der Waals surface area contributed by atoms with Gasteiger partial charge in [-0.15, -0.1) is 5.10 Å². The summed E-state index contributed by atoms with van der Waals surface area (Å²) in [6.07, 6.45) is 5.90. The zero-order valence-corrected chi connectivity index (χ0v) is 20.0. The molecule has 0 bridgehead atoms. The number of rotatable bonds is 5. The Hall–Kier alpha value is -4.55. The second-order valence-corrected chi connectivity index (χ2v) is 9.16. The summed E-state index contributed by atoms with van der Waals surface area (Å²) in [5, 5.41) is 7.19. The summed E-state index contributed by atoms with van der Waals surface area (Å²) >= 11 is 0. The highest BCUT2D eigenvalue weighted by Crippen LogP contribution is 2.28. The molecule has 0 spiro atoms. The number of pyridine rings is 1. The first kappa shape index (κ1) is 22.9. The molecule has 6 rings (SSSR count). The number of piperidine rings is 1. The van der Waals surface area contributed by atoms with Crippen LogP contribution in [0.4, 0.5) is 17.7 Å². The molecule has 0 saturated carbocycles. The lowest BCUT2D eigenvalue weighted by atomic mass is 9.95. The molecule has 4 aromatic rings. The third-order valence-corrected chi connectivity index (χ3v) is 6.85. The second kappa shape index (κ2) is 9.48. The maximum absolute atomic E-state index is 13.5.